The minimum Gasteiger partial charge on any atom is -0.406 e. The summed E-state index contributed by atoms with van der Waals surface area (Å²) in [4.78, 5) is 23.7. The molecular formula is C27H25F3N4O3. The van der Waals surface area contributed by atoms with E-state index in [0.717, 1.165) is 5.52 Å². The average Bonchev–Trinajstić information content (AvgIpc) is 3.45. The van der Waals surface area contributed by atoms with Gasteiger partial charge in [0.25, 0.3) is 5.91 Å². The highest BCUT2D eigenvalue weighted by Crippen LogP contribution is 2.34. The highest BCUT2D eigenvalue weighted by atomic mass is 19.4. The van der Waals surface area contributed by atoms with Crippen LogP contribution in [0.4, 0.5) is 13.2 Å². The lowest BCUT2D eigenvalue weighted by atomic mass is 9.95. The summed E-state index contributed by atoms with van der Waals surface area (Å²) in [7, 11) is 0. The lowest BCUT2D eigenvalue weighted by molar-refractivity contribution is -0.274. The second-order valence-electron chi connectivity index (χ2n) is 9.42. The molecule has 0 radical (unpaired) electrons. The summed E-state index contributed by atoms with van der Waals surface area (Å²) >= 11 is 0. The normalized spacial score (nSPS) is 18.1. The number of rotatable bonds is 5. The van der Waals surface area contributed by atoms with E-state index >= 15 is 0 Å². The summed E-state index contributed by atoms with van der Waals surface area (Å²) in [5.41, 5.74) is 1.97. The summed E-state index contributed by atoms with van der Waals surface area (Å²) in [5, 5.41) is 11.1. The summed E-state index contributed by atoms with van der Waals surface area (Å²) < 4.78 is 43.5. The topological polar surface area (TPSA) is 80.5 Å². The van der Waals surface area contributed by atoms with Crippen LogP contribution < -0.4 is 4.74 Å². The van der Waals surface area contributed by atoms with Crippen LogP contribution in [0.1, 0.15) is 42.2 Å². The highest BCUT2D eigenvalue weighted by Gasteiger charge is 2.40. The van der Waals surface area contributed by atoms with Gasteiger partial charge in [-0.25, -0.2) is 4.98 Å². The van der Waals surface area contributed by atoms with Gasteiger partial charge in [-0.05, 0) is 68.8 Å². The third-order valence-corrected chi connectivity index (χ3v) is 6.53. The number of carbonyl (C=O) groups is 1. The van der Waals surface area contributed by atoms with Crippen LogP contribution in [-0.2, 0) is 5.60 Å². The fourth-order valence-electron chi connectivity index (χ4n) is 4.79. The van der Waals surface area contributed by atoms with E-state index in [1.54, 1.807) is 41.6 Å². The van der Waals surface area contributed by atoms with Crippen molar-refractivity contribution in [1.29, 1.82) is 0 Å². The van der Waals surface area contributed by atoms with Crippen molar-refractivity contribution in [2.45, 2.75) is 38.3 Å². The maximum absolute atomic E-state index is 13.3. The Hall–Kier alpha value is -3.92. The molecule has 1 aliphatic rings. The molecule has 1 fully saturated rings. The van der Waals surface area contributed by atoms with Crippen molar-refractivity contribution in [2.75, 3.05) is 13.1 Å². The molecule has 0 aliphatic carbocycles. The number of aliphatic hydroxyl groups is 1. The second kappa shape index (κ2) is 9.19. The smallest absolute Gasteiger partial charge is 0.406 e. The van der Waals surface area contributed by atoms with Crippen LogP contribution in [0.5, 0.6) is 5.75 Å². The number of hydrogen-bond acceptors (Lipinski definition) is 5. The first-order chi connectivity index (χ1) is 17.5. The van der Waals surface area contributed by atoms with Crippen LogP contribution in [0.15, 0.2) is 67.0 Å². The number of hydrogen-bond donors (Lipinski definition) is 1. The summed E-state index contributed by atoms with van der Waals surface area (Å²) in [6, 6.07) is 14.4. The molecule has 3 heterocycles. The van der Waals surface area contributed by atoms with Crippen LogP contribution in [0.25, 0.3) is 22.4 Å². The zero-order chi connectivity index (χ0) is 26.4. The molecule has 0 spiro atoms. The molecule has 7 nitrogen and oxygen atoms in total. The van der Waals surface area contributed by atoms with Crippen molar-refractivity contribution in [3.05, 3.63) is 78.1 Å². The molecular weight excluding hydrogens is 485 g/mol. The molecule has 1 N–H and O–H groups in total. The number of amides is 1. The van der Waals surface area contributed by atoms with Gasteiger partial charge in [-0.2, -0.15) is 0 Å². The number of pyridine rings is 1. The molecule has 4 aromatic rings. The molecule has 10 heteroatoms. The van der Waals surface area contributed by atoms with E-state index in [1.807, 2.05) is 24.5 Å². The Labute approximate surface area is 211 Å². The lowest BCUT2D eigenvalue weighted by Gasteiger charge is -2.23. The monoisotopic (exact) mass is 510 g/mol. The Morgan fingerprint density at radius 3 is 2.54 bits per heavy atom. The predicted molar refractivity (Wildman–Crippen MR) is 131 cm³/mol. The van der Waals surface area contributed by atoms with Crippen molar-refractivity contribution < 1.29 is 27.8 Å². The van der Waals surface area contributed by atoms with Gasteiger partial charge in [0.2, 0.25) is 0 Å². The van der Waals surface area contributed by atoms with Gasteiger partial charge in [0.1, 0.15) is 17.2 Å². The van der Waals surface area contributed by atoms with Crippen LogP contribution in [0.2, 0.25) is 0 Å². The van der Waals surface area contributed by atoms with Gasteiger partial charge in [-0.15, -0.1) is 13.2 Å². The van der Waals surface area contributed by atoms with Crippen molar-refractivity contribution in [2.24, 2.45) is 0 Å². The van der Waals surface area contributed by atoms with E-state index in [9.17, 15) is 23.1 Å². The first-order valence-electron chi connectivity index (χ1n) is 11.8. The maximum Gasteiger partial charge on any atom is 0.573 e. The third kappa shape index (κ3) is 4.89. The van der Waals surface area contributed by atoms with Crippen LogP contribution in [0.3, 0.4) is 0 Å². The molecule has 1 aliphatic heterocycles. The Morgan fingerprint density at radius 1 is 1.14 bits per heavy atom. The first-order valence-corrected chi connectivity index (χ1v) is 11.8. The van der Waals surface area contributed by atoms with Crippen LogP contribution >= 0.6 is 0 Å². The van der Waals surface area contributed by atoms with Crippen molar-refractivity contribution in [3.63, 3.8) is 0 Å². The first kappa shape index (κ1) is 24.8. The molecule has 0 bridgehead atoms. The van der Waals surface area contributed by atoms with E-state index in [2.05, 4.69) is 9.72 Å². The van der Waals surface area contributed by atoms with E-state index in [1.165, 1.54) is 24.3 Å². The molecule has 2 aromatic carbocycles. The zero-order valence-electron chi connectivity index (χ0n) is 20.2. The Bertz CT molecular complexity index is 1440. The van der Waals surface area contributed by atoms with Crippen molar-refractivity contribution in [3.8, 4) is 17.1 Å². The summed E-state index contributed by atoms with van der Waals surface area (Å²) in [5.74, 6) is 0.0458. The standard InChI is InChI=1S/C27H25F3N4O3/c1-17(2)34-23-10-7-19(25(35)33-13-11-26(36,16-33)20-4-3-12-31-15-20)14-22(23)32-24(34)18-5-8-21(9-6-18)37-27(28,29)30/h3-10,12,14-15,17,36H,11,13,16H2,1-2H3. The third-order valence-electron chi connectivity index (χ3n) is 6.53. The Kier molecular flexibility index (Phi) is 6.15. The fraction of sp³-hybridized carbons (Fsp3) is 0.296. The zero-order valence-corrected chi connectivity index (χ0v) is 20.2. The number of aromatic nitrogens is 3. The fourth-order valence-corrected chi connectivity index (χ4v) is 4.79. The molecule has 192 valence electrons. The number of alkyl halides is 3. The SMILES string of the molecule is CC(C)n1c(-c2ccc(OC(F)(F)F)cc2)nc2cc(C(=O)N3CCC(O)(c4cccnc4)C3)ccc21. The number of fused-ring (bicyclic) bond motifs is 1. The van der Waals surface area contributed by atoms with Gasteiger partial charge in [-0.3, -0.25) is 9.78 Å². The summed E-state index contributed by atoms with van der Waals surface area (Å²) in [6.07, 6.45) is -1.11. The van der Waals surface area contributed by atoms with E-state index in [4.69, 9.17) is 4.98 Å². The van der Waals surface area contributed by atoms with E-state index < -0.39 is 12.0 Å². The van der Waals surface area contributed by atoms with Crippen molar-refractivity contribution >= 4 is 16.9 Å². The van der Waals surface area contributed by atoms with Gasteiger partial charge in [0, 0.05) is 41.7 Å². The number of likely N-dealkylation sites (tertiary alicyclic amines) is 1. The predicted octanol–water partition coefficient (Wildman–Crippen LogP) is 5.31. The number of benzene rings is 2. The van der Waals surface area contributed by atoms with Gasteiger partial charge in [0.15, 0.2) is 0 Å². The number of carbonyl (C=O) groups excluding carboxylic acids is 1. The minimum atomic E-state index is -4.77. The Balaban J connectivity index is 1.44. The largest absolute Gasteiger partial charge is 0.573 e. The highest BCUT2D eigenvalue weighted by molar-refractivity contribution is 5.98. The second-order valence-corrected chi connectivity index (χ2v) is 9.42. The molecule has 5 rings (SSSR count). The van der Waals surface area contributed by atoms with Crippen LogP contribution in [-0.4, -0.2) is 49.9 Å². The van der Waals surface area contributed by atoms with Gasteiger partial charge >= 0.3 is 6.36 Å². The number of ether oxygens (including phenoxy) is 1. The van der Waals surface area contributed by atoms with E-state index in [0.29, 0.717) is 41.0 Å². The van der Waals surface area contributed by atoms with E-state index in [-0.39, 0.29) is 24.2 Å². The summed E-state index contributed by atoms with van der Waals surface area (Å²) in [6.45, 7) is 4.52. The van der Waals surface area contributed by atoms with Gasteiger partial charge in [-0.1, -0.05) is 6.07 Å². The number of β-amino-alcohol motifs (C(OH)–C–C–N with tert-alkyl or cyclic N) is 1. The molecule has 37 heavy (non-hydrogen) atoms. The van der Waals surface area contributed by atoms with Gasteiger partial charge in [0.05, 0.1) is 17.6 Å². The van der Waals surface area contributed by atoms with Crippen LogP contribution in [0, 0.1) is 0 Å². The van der Waals surface area contributed by atoms with Crippen molar-refractivity contribution in [1.82, 2.24) is 19.4 Å². The quantitative estimate of drug-likeness (QED) is 0.394. The van der Waals surface area contributed by atoms with Gasteiger partial charge < -0.3 is 19.3 Å². The average molecular weight is 511 g/mol. The minimum absolute atomic E-state index is 0.000669. The Morgan fingerprint density at radius 2 is 1.89 bits per heavy atom. The number of halogens is 3. The molecule has 0 saturated carbocycles. The lowest BCUT2D eigenvalue weighted by Crippen LogP contribution is -2.34. The molecule has 2 aromatic heterocycles. The molecule has 1 unspecified atom stereocenters. The number of imidazole rings is 1. The maximum atomic E-state index is 13.3. The molecule has 1 atom stereocenters. The molecule has 1 saturated heterocycles. The number of nitrogens with zero attached hydrogens (tertiary/aromatic N) is 4. The molecule has 1 amide bonds.